The molecular formula is C13H14BrNO4. The van der Waals surface area contributed by atoms with Gasteiger partial charge in [0, 0.05) is 10.5 Å². The van der Waals surface area contributed by atoms with Gasteiger partial charge in [0.2, 0.25) is 5.75 Å². The number of nitro groups is 1. The lowest BCUT2D eigenvalue weighted by Gasteiger charge is -2.10. The quantitative estimate of drug-likeness (QED) is 0.453. The zero-order chi connectivity index (χ0) is 14.0. The van der Waals surface area contributed by atoms with E-state index in [1.54, 1.807) is 6.07 Å². The van der Waals surface area contributed by atoms with Gasteiger partial charge in [-0.05, 0) is 25.3 Å². The van der Waals surface area contributed by atoms with Crippen molar-refractivity contribution in [1.29, 1.82) is 0 Å². The lowest BCUT2D eigenvalue weighted by Crippen LogP contribution is -2.06. The first kappa shape index (κ1) is 14.0. The molecule has 19 heavy (non-hydrogen) atoms. The summed E-state index contributed by atoms with van der Waals surface area (Å²) in [6, 6.07) is 2.92. The van der Waals surface area contributed by atoms with Crippen LogP contribution in [-0.2, 0) is 0 Å². The normalized spacial score (nSPS) is 14.2. The van der Waals surface area contributed by atoms with Gasteiger partial charge in [0.1, 0.15) is 0 Å². The van der Waals surface area contributed by atoms with Crippen LogP contribution in [0.4, 0.5) is 5.69 Å². The summed E-state index contributed by atoms with van der Waals surface area (Å²) in [5.74, 6) is 0.516. The van der Waals surface area contributed by atoms with Crippen LogP contribution in [0.3, 0.4) is 0 Å². The topological polar surface area (TPSA) is 69.4 Å². The van der Waals surface area contributed by atoms with Crippen molar-refractivity contribution in [3.8, 4) is 5.75 Å². The van der Waals surface area contributed by atoms with E-state index in [0.29, 0.717) is 17.0 Å². The van der Waals surface area contributed by atoms with Crippen molar-refractivity contribution in [2.45, 2.75) is 26.2 Å². The monoisotopic (exact) mass is 327 g/mol. The van der Waals surface area contributed by atoms with Crippen molar-refractivity contribution in [3.05, 3.63) is 32.3 Å². The molecule has 5 nitrogen and oxygen atoms in total. The third kappa shape index (κ3) is 3.53. The molecule has 0 spiro atoms. The first-order valence-electron chi connectivity index (χ1n) is 6.10. The number of nitrogens with zero attached hydrogens (tertiary/aromatic N) is 1. The smallest absolute Gasteiger partial charge is 0.312 e. The van der Waals surface area contributed by atoms with Crippen LogP contribution in [0.1, 0.15) is 36.5 Å². The van der Waals surface area contributed by atoms with E-state index in [9.17, 15) is 14.9 Å². The number of carbonyl (C=O) groups excluding carboxylic acids is 1. The van der Waals surface area contributed by atoms with Crippen molar-refractivity contribution >= 4 is 27.4 Å². The van der Waals surface area contributed by atoms with Gasteiger partial charge in [0.15, 0.2) is 5.78 Å². The Kier molecular flexibility index (Phi) is 4.19. The molecule has 6 heteroatoms. The van der Waals surface area contributed by atoms with E-state index < -0.39 is 4.92 Å². The molecular weight excluding hydrogens is 314 g/mol. The minimum absolute atomic E-state index is 0.0846. The van der Waals surface area contributed by atoms with E-state index in [2.05, 4.69) is 15.9 Å². The molecule has 0 unspecified atom stereocenters. The number of hydrogen-bond acceptors (Lipinski definition) is 4. The maximum absolute atomic E-state index is 11.6. The summed E-state index contributed by atoms with van der Waals surface area (Å²) < 4.78 is 6.01. The van der Waals surface area contributed by atoms with Crippen LogP contribution in [0.5, 0.6) is 5.75 Å². The molecule has 1 aliphatic carbocycles. The molecule has 0 atom stereocenters. The predicted molar refractivity (Wildman–Crippen MR) is 73.6 cm³/mol. The second kappa shape index (κ2) is 5.69. The molecule has 0 heterocycles. The SMILES string of the molecule is CC(=O)c1cc(Br)cc([N+](=O)[O-])c1OCCC1CC1. The number of halogens is 1. The summed E-state index contributed by atoms with van der Waals surface area (Å²) >= 11 is 3.17. The van der Waals surface area contributed by atoms with Crippen LogP contribution in [0.2, 0.25) is 0 Å². The Morgan fingerprint density at radius 1 is 1.53 bits per heavy atom. The summed E-state index contributed by atoms with van der Waals surface area (Å²) in [5.41, 5.74) is 0.0762. The Hall–Kier alpha value is -1.43. The van der Waals surface area contributed by atoms with Crippen molar-refractivity contribution < 1.29 is 14.5 Å². The molecule has 1 fully saturated rings. The molecule has 0 N–H and O–H groups in total. The number of Topliss-reactive ketones (excluding diaryl/α,β-unsaturated/α-hetero) is 1. The zero-order valence-electron chi connectivity index (χ0n) is 10.5. The van der Waals surface area contributed by atoms with Gasteiger partial charge in [-0.3, -0.25) is 14.9 Å². The van der Waals surface area contributed by atoms with Gasteiger partial charge < -0.3 is 4.74 Å². The highest BCUT2D eigenvalue weighted by molar-refractivity contribution is 9.10. The molecule has 2 rings (SSSR count). The molecule has 0 amide bonds. The third-order valence-electron chi connectivity index (χ3n) is 3.08. The zero-order valence-corrected chi connectivity index (χ0v) is 12.1. The van der Waals surface area contributed by atoms with E-state index in [-0.39, 0.29) is 22.8 Å². The van der Waals surface area contributed by atoms with Gasteiger partial charge in [0.05, 0.1) is 17.1 Å². The highest BCUT2D eigenvalue weighted by Gasteiger charge is 2.25. The van der Waals surface area contributed by atoms with E-state index in [1.807, 2.05) is 0 Å². The molecule has 102 valence electrons. The first-order valence-corrected chi connectivity index (χ1v) is 6.90. The Labute approximate surface area is 119 Å². The van der Waals surface area contributed by atoms with Gasteiger partial charge >= 0.3 is 5.69 Å². The van der Waals surface area contributed by atoms with Gasteiger partial charge in [-0.2, -0.15) is 0 Å². The van der Waals surface area contributed by atoms with Crippen LogP contribution in [-0.4, -0.2) is 17.3 Å². The summed E-state index contributed by atoms with van der Waals surface area (Å²) in [4.78, 5) is 22.1. The lowest BCUT2D eigenvalue weighted by molar-refractivity contribution is -0.386. The van der Waals surface area contributed by atoms with Crippen LogP contribution < -0.4 is 4.74 Å². The maximum Gasteiger partial charge on any atom is 0.312 e. The Bertz CT molecular complexity index is 490. The van der Waals surface area contributed by atoms with Gasteiger partial charge in [-0.15, -0.1) is 0 Å². The lowest BCUT2D eigenvalue weighted by atomic mass is 10.1. The van der Waals surface area contributed by atoms with Gasteiger partial charge in [0.25, 0.3) is 0 Å². The molecule has 1 aliphatic rings. The molecule has 0 aromatic heterocycles. The van der Waals surface area contributed by atoms with E-state index in [0.717, 1.165) is 6.42 Å². The highest BCUT2D eigenvalue weighted by Crippen LogP contribution is 2.36. The number of nitro benzene ring substituents is 1. The fourth-order valence-corrected chi connectivity index (χ4v) is 2.31. The summed E-state index contributed by atoms with van der Waals surface area (Å²) in [7, 11) is 0. The van der Waals surface area contributed by atoms with E-state index in [1.165, 1.54) is 25.8 Å². The number of benzene rings is 1. The molecule has 1 saturated carbocycles. The average molecular weight is 328 g/mol. The third-order valence-corrected chi connectivity index (χ3v) is 3.54. The van der Waals surface area contributed by atoms with Crippen LogP contribution >= 0.6 is 15.9 Å². The first-order chi connectivity index (χ1) is 8.99. The molecule has 0 bridgehead atoms. The minimum atomic E-state index is -0.524. The van der Waals surface area contributed by atoms with E-state index in [4.69, 9.17) is 4.74 Å². The number of hydrogen-bond donors (Lipinski definition) is 0. The largest absolute Gasteiger partial charge is 0.486 e. The van der Waals surface area contributed by atoms with Crippen LogP contribution in [0.25, 0.3) is 0 Å². The Morgan fingerprint density at radius 3 is 2.74 bits per heavy atom. The number of ether oxygens (including phenoxy) is 1. The van der Waals surface area contributed by atoms with E-state index >= 15 is 0 Å². The fraction of sp³-hybridized carbons (Fsp3) is 0.462. The molecule has 1 aromatic rings. The van der Waals surface area contributed by atoms with Crippen molar-refractivity contribution in [2.24, 2.45) is 5.92 Å². The van der Waals surface area contributed by atoms with Gasteiger partial charge in [-0.25, -0.2) is 0 Å². The Morgan fingerprint density at radius 2 is 2.21 bits per heavy atom. The highest BCUT2D eigenvalue weighted by atomic mass is 79.9. The fourth-order valence-electron chi connectivity index (χ4n) is 1.86. The molecule has 1 aromatic carbocycles. The number of ketones is 1. The maximum atomic E-state index is 11.6. The van der Waals surface area contributed by atoms with Crippen molar-refractivity contribution in [3.63, 3.8) is 0 Å². The average Bonchev–Trinajstić information content (AvgIpc) is 3.13. The van der Waals surface area contributed by atoms with Crippen molar-refractivity contribution in [1.82, 2.24) is 0 Å². The Balaban J connectivity index is 2.28. The van der Waals surface area contributed by atoms with Crippen molar-refractivity contribution in [2.75, 3.05) is 6.61 Å². The molecule has 0 aliphatic heterocycles. The van der Waals surface area contributed by atoms with Crippen LogP contribution in [0, 0.1) is 16.0 Å². The summed E-state index contributed by atoms with van der Waals surface area (Å²) in [5, 5.41) is 11.1. The summed E-state index contributed by atoms with van der Waals surface area (Å²) in [6.45, 7) is 1.78. The van der Waals surface area contributed by atoms with Crippen LogP contribution in [0.15, 0.2) is 16.6 Å². The molecule has 0 radical (unpaired) electrons. The predicted octanol–water partition coefficient (Wildman–Crippen LogP) is 3.74. The second-order valence-electron chi connectivity index (χ2n) is 4.70. The number of carbonyl (C=O) groups is 1. The standard InChI is InChI=1S/C13H14BrNO4/c1-8(16)11-6-10(14)7-12(15(17)18)13(11)19-5-4-9-2-3-9/h6-7,9H,2-5H2,1H3. The number of rotatable bonds is 6. The minimum Gasteiger partial charge on any atom is -0.486 e. The molecule has 0 saturated heterocycles. The summed E-state index contributed by atoms with van der Waals surface area (Å²) in [6.07, 6.45) is 3.28. The second-order valence-corrected chi connectivity index (χ2v) is 5.61. The van der Waals surface area contributed by atoms with Gasteiger partial charge in [-0.1, -0.05) is 28.8 Å².